The third kappa shape index (κ3) is 4.21. The van der Waals surface area contributed by atoms with Crippen molar-refractivity contribution in [1.82, 2.24) is 15.1 Å². The van der Waals surface area contributed by atoms with Crippen molar-refractivity contribution in [3.63, 3.8) is 0 Å². The zero-order chi connectivity index (χ0) is 14.4. The van der Waals surface area contributed by atoms with E-state index < -0.39 is 0 Å². The molecule has 2 rings (SSSR count). The number of benzene rings is 1. The summed E-state index contributed by atoms with van der Waals surface area (Å²) in [5.41, 5.74) is 6.92. The normalized spacial score (nSPS) is 17.1. The zero-order valence-corrected chi connectivity index (χ0v) is 12.1. The molecule has 110 valence electrons. The maximum Gasteiger partial charge on any atom is 0.251 e. The van der Waals surface area contributed by atoms with Gasteiger partial charge in [0, 0.05) is 50.5 Å². The summed E-state index contributed by atoms with van der Waals surface area (Å²) in [6.45, 7) is 9.33. The van der Waals surface area contributed by atoms with E-state index in [-0.39, 0.29) is 5.91 Å². The Morgan fingerprint density at radius 3 is 2.60 bits per heavy atom. The minimum absolute atomic E-state index is 0.0514. The van der Waals surface area contributed by atoms with Gasteiger partial charge in [-0.3, -0.25) is 9.69 Å². The summed E-state index contributed by atoms with van der Waals surface area (Å²) in [7, 11) is 0. The highest BCUT2D eigenvalue weighted by Gasteiger charge is 2.15. The van der Waals surface area contributed by atoms with Gasteiger partial charge in [-0.05, 0) is 24.7 Å². The molecular weight excluding hydrogens is 252 g/mol. The number of nitrogens with one attached hydrogen (secondary N) is 1. The highest BCUT2D eigenvalue weighted by atomic mass is 16.1. The van der Waals surface area contributed by atoms with Crippen molar-refractivity contribution in [3.05, 3.63) is 29.8 Å². The number of nitrogens with two attached hydrogens (primary N) is 1. The molecule has 0 spiro atoms. The first-order valence-corrected chi connectivity index (χ1v) is 7.27. The Hall–Kier alpha value is -1.59. The van der Waals surface area contributed by atoms with Crippen LogP contribution in [0.4, 0.5) is 5.69 Å². The lowest BCUT2D eigenvalue weighted by Gasteiger charge is -2.33. The fourth-order valence-electron chi connectivity index (χ4n) is 2.44. The van der Waals surface area contributed by atoms with E-state index in [9.17, 15) is 4.79 Å². The molecule has 3 N–H and O–H groups in total. The van der Waals surface area contributed by atoms with Gasteiger partial charge in [0.1, 0.15) is 0 Å². The van der Waals surface area contributed by atoms with Gasteiger partial charge >= 0.3 is 0 Å². The maximum atomic E-state index is 11.9. The molecule has 1 aromatic rings. The van der Waals surface area contributed by atoms with E-state index in [1.807, 2.05) is 0 Å². The number of piperazine rings is 1. The van der Waals surface area contributed by atoms with Crippen LogP contribution < -0.4 is 11.1 Å². The summed E-state index contributed by atoms with van der Waals surface area (Å²) >= 11 is 0. The van der Waals surface area contributed by atoms with Crippen LogP contribution in [0.15, 0.2) is 24.3 Å². The second kappa shape index (κ2) is 7.26. The van der Waals surface area contributed by atoms with Crippen molar-refractivity contribution >= 4 is 11.6 Å². The Morgan fingerprint density at radius 2 is 1.95 bits per heavy atom. The van der Waals surface area contributed by atoms with Crippen LogP contribution >= 0.6 is 0 Å². The molecule has 0 aromatic heterocycles. The van der Waals surface area contributed by atoms with Gasteiger partial charge in [-0.2, -0.15) is 0 Å². The van der Waals surface area contributed by atoms with Gasteiger partial charge in [0.2, 0.25) is 0 Å². The Bertz CT molecular complexity index is 441. The molecule has 0 unspecified atom stereocenters. The van der Waals surface area contributed by atoms with Crippen molar-refractivity contribution in [2.24, 2.45) is 0 Å². The molecule has 0 bridgehead atoms. The molecule has 5 heteroatoms. The number of amides is 1. The predicted molar refractivity (Wildman–Crippen MR) is 81.7 cm³/mol. The minimum Gasteiger partial charge on any atom is -0.399 e. The summed E-state index contributed by atoms with van der Waals surface area (Å²) in [6, 6.07) is 7.07. The van der Waals surface area contributed by atoms with Crippen LogP contribution in [0.3, 0.4) is 0 Å². The van der Waals surface area contributed by atoms with Crippen LogP contribution in [0.2, 0.25) is 0 Å². The number of anilines is 1. The average Bonchev–Trinajstić information content (AvgIpc) is 2.48. The number of nitrogens with zero attached hydrogens (tertiary/aromatic N) is 2. The van der Waals surface area contributed by atoms with Crippen molar-refractivity contribution < 1.29 is 4.79 Å². The molecule has 1 heterocycles. The average molecular weight is 276 g/mol. The summed E-state index contributed by atoms with van der Waals surface area (Å²) < 4.78 is 0. The quantitative estimate of drug-likeness (QED) is 0.775. The van der Waals surface area contributed by atoms with Crippen molar-refractivity contribution in [1.29, 1.82) is 0 Å². The predicted octanol–water partition coefficient (Wildman–Crippen LogP) is 0.636. The molecular formula is C15H24N4O. The Kier molecular flexibility index (Phi) is 5.38. The Labute approximate surface area is 120 Å². The SMILES string of the molecule is CCN1CCN(CCNC(=O)c2cccc(N)c2)CC1. The maximum absolute atomic E-state index is 11.9. The second-order valence-corrected chi connectivity index (χ2v) is 5.16. The summed E-state index contributed by atoms with van der Waals surface area (Å²) in [4.78, 5) is 16.8. The topological polar surface area (TPSA) is 61.6 Å². The van der Waals surface area contributed by atoms with Crippen molar-refractivity contribution in [2.75, 3.05) is 51.5 Å². The van der Waals surface area contributed by atoms with Gasteiger partial charge in [0.15, 0.2) is 0 Å². The molecule has 0 saturated carbocycles. The number of likely N-dealkylation sites (N-methyl/N-ethyl adjacent to an activating group) is 1. The largest absolute Gasteiger partial charge is 0.399 e. The Morgan fingerprint density at radius 1 is 1.25 bits per heavy atom. The fraction of sp³-hybridized carbons (Fsp3) is 0.533. The minimum atomic E-state index is -0.0514. The summed E-state index contributed by atoms with van der Waals surface area (Å²) in [6.07, 6.45) is 0. The molecule has 1 amide bonds. The molecule has 0 atom stereocenters. The van der Waals surface area contributed by atoms with Gasteiger partial charge in [0.05, 0.1) is 0 Å². The monoisotopic (exact) mass is 276 g/mol. The van der Waals surface area contributed by atoms with E-state index in [1.54, 1.807) is 24.3 Å². The van der Waals surface area contributed by atoms with Crippen LogP contribution in [0.1, 0.15) is 17.3 Å². The number of hydrogen-bond acceptors (Lipinski definition) is 4. The van der Waals surface area contributed by atoms with Crippen LogP contribution in [-0.4, -0.2) is 61.5 Å². The molecule has 1 aliphatic heterocycles. The highest BCUT2D eigenvalue weighted by molar-refractivity contribution is 5.94. The first-order chi connectivity index (χ1) is 9.69. The van der Waals surface area contributed by atoms with E-state index >= 15 is 0 Å². The van der Waals surface area contributed by atoms with Crippen LogP contribution in [-0.2, 0) is 0 Å². The van der Waals surface area contributed by atoms with Crippen LogP contribution in [0.5, 0.6) is 0 Å². The lowest BCUT2D eigenvalue weighted by molar-refractivity contribution is 0.0938. The summed E-state index contributed by atoms with van der Waals surface area (Å²) in [5.74, 6) is -0.0514. The van der Waals surface area contributed by atoms with Gasteiger partial charge in [-0.15, -0.1) is 0 Å². The van der Waals surface area contributed by atoms with Gasteiger partial charge in [0.25, 0.3) is 5.91 Å². The number of nitrogen functional groups attached to an aromatic ring is 1. The van der Waals surface area contributed by atoms with Gasteiger partial charge < -0.3 is 16.0 Å². The first-order valence-electron chi connectivity index (χ1n) is 7.27. The molecule has 1 aliphatic rings. The summed E-state index contributed by atoms with van der Waals surface area (Å²) in [5, 5.41) is 2.95. The fourth-order valence-corrected chi connectivity index (χ4v) is 2.44. The van der Waals surface area contributed by atoms with Crippen molar-refractivity contribution in [3.8, 4) is 0 Å². The second-order valence-electron chi connectivity index (χ2n) is 5.16. The molecule has 0 aliphatic carbocycles. The third-order valence-electron chi connectivity index (χ3n) is 3.77. The van der Waals surface area contributed by atoms with Gasteiger partial charge in [-0.25, -0.2) is 0 Å². The molecule has 1 fully saturated rings. The van der Waals surface area contributed by atoms with E-state index in [4.69, 9.17) is 5.73 Å². The van der Waals surface area contributed by atoms with E-state index in [1.165, 1.54) is 0 Å². The number of carbonyl (C=O) groups excluding carboxylic acids is 1. The van der Waals surface area contributed by atoms with E-state index in [2.05, 4.69) is 22.0 Å². The molecule has 1 aromatic carbocycles. The van der Waals surface area contributed by atoms with Crippen molar-refractivity contribution in [2.45, 2.75) is 6.92 Å². The number of hydrogen-bond donors (Lipinski definition) is 2. The van der Waals surface area contributed by atoms with Crippen LogP contribution in [0, 0.1) is 0 Å². The number of rotatable bonds is 5. The smallest absolute Gasteiger partial charge is 0.251 e. The Balaban J connectivity index is 1.70. The standard InChI is InChI=1S/C15H24N4O/c1-2-18-8-10-19(11-9-18)7-6-17-15(20)13-4-3-5-14(16)12-13/h3-5,12H,2,6-11,16H2,1H3,(H,17,20). The molecule has 1 saturated heterocycles. The van der Waals surface area contributed by atoms with Gasteiger partial charge in [-0.1, -0.05) is 13.0 Å². The molecule has 20 heavy (non-hydrogen) atoms. The van der Waals surface area contributed by atoms with Crippen LogP contribution in [0.25, 0.3) is 0 Å². The highest BCUT2D eigenvalue weighted by Crippen LogP contribution is 2.06. The third-order valence-corrected chi connectivity index (χ3v) is 3.77. The number of carbonyl (C=O) groups is 1. The zero-order valence-electron chi connectivity index (χ0n) is 12.1. The van der Waals surface area contributed by atoms with E-state index in [0.29, 0.717) is 17.8 Å². The first kappa shape index (κ1) is 14.8. The van der Waals surface area contributed by atoms with E-state index in [0.717, 1.165) is 39.3 Å². The lowest BCUT2D eigenvalue weighted by atomic mass is 10.2. The lowest BCUT2D eigenvalue weighted by Crippen LogP contribution is -2.48. The molecule has 0 radical (unpaired) electrons. The molecule has 5 nitrogen and oxygen atoms in total.